The molecule has 7 nitrogen and oxygen atoms in total. The molecule has 0 bridgehead atoms. The summed E-state index contributed by atoms with van der Waals surface area (Å²) in [6.45, 7) is 0.416. The molecule has 3 N–H and O–H groups in total. The predicted octanol–water partition coefficient (Wildman–Crippen LogP) is 1.30. The van der Waals surface area contributed by atoms with Crippen LogP contribution in [0.5, 0.6) is 0 Å². The predicted molar refractivity (Wildman–Crippen MR) is 100 cm³/mol. The average molecular weight is 417 g/mol. The van der Waals surface area contributed by atoms with Crippen LogP contribution in [0.25, 0.3) is 0 Å². The molecule has 2 amide bonds. The van der Waals surface area contributed by atoms with Crippen LogP contribution in [0.4, 0.5) is 8.78 Å². The van der Waals surface area contributed by atoms with E-state index >= 15 is 0 Å². The first-order chi connectivity index (χ1) is 14.4. The third-order valence-corrected chi connectivity index (χ3v) is 6.68. The monoisotopic (exact) mass is 417 g/mol. The van der Waals surface area contributed by atoms with Gasteiger partial charge in [0, 0.05) is 30.9 Å². The lowest BCUT2D eigenvalue weighted by molar-refractivity contribution is -0.135. The molecule has 9 heteroatoms. The second-order valence-corrected chi connectivity index (χ2v) is 8.23. The van der Waals surface area contributed by atoms with E-state index in [4.69, 9.17) is 0 Å². The molecule has 1 unspecified atom stereocenters. The molecule has 4 atom stereocenters. The lowest BCUT2D eigenvalue weighted by Crippen LogP contribution is -2.58. The summed E-state index contributed by atoms with van der Waals surface area (Å²) in [5.74, 6) is -2.69. The number of piperazine rings is 1. The first-order valence-electron chi connectivity index (χ1n) is 10.0. The van der Waals surface area contributed by atoms with E-state index in [0.717, 1.165) is 31.4 Å². The van der Waals surface area contributed by atoms with Crippen molar-refractivity contribution in [3.63, 3.8) is 0 Å². The van der Waals surface area contributed by atoms with Crippen LogP contribution in [0, 0.1) is 17.6 Å². The number of halogens is 2. The zero-order valence-electron chi connectivity index (χ0n) is 16.0. The second kappa shape index (κ2) is 6.80. The van der Waals surface area contributed by atoms with Crippen LogP contribution in [0.2, 0.25) is 0 Å². The Morgan fingerprint density at radius 2 is 2.03 bits per heavy atom. The standard InChI is InChI=1S/C21H21F2N3O4/c22-12-3-1-11(14(23)7-12)8-24-20(29)13-9-26-15-4-2-10-5-6-25(16(10)15)21(30)17(26)19(28)18(13)27/h1,3,7,9-10,15-16,18,27-28H,2,4-6,8H2,(H,24,29)/t10-,15+,16+,18?/m1/s1. The highest BCUT2D eigenvalue weighted by Gasteiger charge is 2.55. The Labute approximate surface area is 171 Å². The van der Waals surface area contributed by atoms with Crippen molar-refractivity contribution in [1.82, 2.24) is 15.1 Å². The first-order valence-corrected chi connectivity index (χ1v) is 10.0. The SMILES string of the molecule is O=C(NCc1ccc(F)cc1F)C1=CN2C(=C(O)C1O)C(=O)N1CC[C@H]3CC[C@H]2[C@H]31. The van der Waals surface area contributed by atoms with Gasteiger partial charge in [0.05, 0.1) is 17.7 Å². The largest absolute Gasteiger partial charge is 0.507 e. The molecule has 3 heterocycles. The van der Waals surface area contributed by atoms with E-state index < -0.39 is 29.4 Å². The topological polar surface area (TPSA) is 93.1 Å². The maximum absolute atomic E-state index is 13.8. The number of carbonyl (C=O) groups is 2. The molecule has 158 valence electrons. The van der Waals surface area contributed by atoms with Gasteiger partial charge in [-0.25, -0.2) is 8.78 Å². The van der Waals surface area contributed by atoms with E-state index in [0.29, 0.717) is 12.5 Å². The third kappa shape index (κ3) is 2.72. The molecule has 2 saturated heterocycles. The van der Waals surface area contributed by atoms with E-state index in [1.54, 1.807) is 9.80 Å². The Balaban J connectivity index is 1.41. The molecule has 4 aliphatic rings. The molecule has 1 aromatic carbocycles. The highest BCUT2D eigenvalue weighted by atomic mass is 19.1. The molecule has 0 spiro atoms. The van der Waals surface area contributed by atoms with Gasteiger partial charge in [-0.05, 0) is 31.2 Å². The van der Waals surface area contributed by atoms with Gasteiger partial charge in [-0.15, -0.1) is 0 Å². The molecule has 1 aliphatic carbocycles. The van der Waals surface area contributed by atoms with Gasteiger partial charge in [0.15, 0.2) is 5.76 Å². The summed E-state index contributed by atoms with van der Waals surface area (Å²) in [4.78, 5) is 29.0. The van der Waals surface area contributed by atoms with Crippen LogP contribution in [0.1, 0.15) is 24.8 Å². The summed E-state index contributed by atoms with van der Waals surface area (Å²) in [7, 11) is 0. The fraction of sp³-hybridized carbons (Fsp3) is 0.429. The van der Waals surface area contributed by atoms with Crippen molar-refractivity contribution in [3.05, 3.63) is 58.6 Å². The Morgan fingerprint density at radius 3 is 2.80 bits per heavy atom. The third-order valence-electron chi connectivity index (χ3n) is 6.68. The molecule has 30 heavy (non-hydrogen) atoms. The maximum atomic E-state index is 13.8. The lowest BCUT2D eigenvalue weighted by atomic mass is 9.94. The number of benzene rings is 1. The van der Waals surface area contributed by atoms with Crippen LogP contribution >= 0.6 is 0 Å². The number of nitrogens with one attached hydrogen (secondary N) is 1. The summed E-state index contributed by atoms with van der Waals surface area (Å²) >= 11 is 0. The minimum atomic E-state index is -1.66. The normalized spacial score (nSPS) is 29.7. The molecule has 0 radical (unpaired) electrons. The van der Waals surface area contributed by atoms with Crippen molar-refractivity contribution in [3.8, 4) is 0 Å². The van der Waals surface area contributed by atoms with Crippen molar-refractivity contribution in [2.45, 2.75) is 44.0 Å². The molecular formula is C21H21F2N3O4. The van der Waals surface area contributed by atoms with E-state index in [-0.39, 0.29) is 41.4 Å². The van der Waals surface area contributed by atoms with E-state index in [9.17, 15) is 28.6 Å². The minimum Gasteiger partial charge on any atom is -0.507 e. The Morgan fingerprint density at radius 1 is 1.23 bits per heavy atom. The minimum absolute atomic E-state index is 0.0208. The summed E-state index contributed by atoms with van der Waals surface area (Å²) in [6.07, 6.45) is 2.47. The highest BCUT2D eigenvalue weighted by Crippen LogP contribution is 2.47. The number of aliphatic hydroxyl groups excluding tert-OH is 2. The average Bonchev–Trinajstić information content (AvgIpc) is 3.31. The fourth-order valence-corrected chi connectivity index (χ4v) is 5.25. The number of carbonyl (C=O) groups excluding carboxylic acids is 2. The zero-order valence-corrected chi connectivity index (χ0v) is 16.0. The zero-order chi connectivity index (χ0) is 21.2. The van der Waals surface area contributed by atoms with Crippen molar-refractivity contribution in [1.29, 1.82) is 0 Å². The van der Waals surface area contributed by atoms with Gasteiger partial charge in [-0.3, -0.25) is 9.59 Å². The molecule has 0 aromatic heterocycles. The van der Waals surface area contributed by atoms with Crippen LogP contribution in [0.3, 0.4) is 0 Å². The Kier molecular flexibility index (Phi) is 4.32. The van der Waals surface area contributed by atoms with Crippen LogP contribution in [-0.2, 0) is 16.1 Å². The molecular weight excluding hydrogens is 396 g/mol. The lowest BCUT2D eigenvalue weighted by Gasteiger charge is -2.45. The van der Waals surface area contributed by atoms with E-state index in [1.165, 1.54) is 12.3 Å². The van der Waals surface area contributed by atoms with Crippen LogP contribution in [-0.4, -0.2) is 56.6 Å². The van der Waals surface area contributed by atoms with Crippen molar-refractivity contribution in [2.24, 2.45) is 5.92 Å². The van der Waals surface area contributed by atoms with E-state index in [1.807, 2.05) is 0 Å². The van der Waals surface area contributed by atoms with Crippen molar-refractivity contribution < 1.29 is 28.6 Å². The van der Waals surface area contributed by atoms with Gasteiger partial charge in [0.2, 0.25) is 0 Å². The number of nitrogens with zero attached hydrogens (tertiary/aromatic N) is 2. The number of hydrogen-bond acceptors (Lipinski definition) is 5. The van der Waals surface area contributed by atoms with Gasteiger partial charge in [-0.1, -0.05) is 6.07 Å². The summed E-state index contributed by atoms with van der Waals surface area (Å²) in [5, 5.41) is 23.6. The fourth-order valence-electron chi connectivity index (χ4n) is 5.25. The summed E-state index contributed by atoms with van der Waals surface area (Å²) in [6, 6.07) is 3.02. The summed E-state index contributed by atoms with van der Waals surface area (Å²) in [5.41, 5.74) is -0.0154. The number of aliphatic hydroxyl groups is 2. The van der Waals surface area contributed by atoms with Crippen molar-refractivity contribution in [2.75, 3.05) is 6.54 Å². The Hall–Kier alpha value is -2.94. The molecule has 1 aromatic rings. The van der Waals surface area contributed by atoms with Crippen molar-refractivity contribution >= 4 is 11.8 Å². The van der Waals surface area contributed by atoms with Gasteiger partial charge in [-0.2, -0.15) is 0 Å². The van der Waals surface area contributed by atoms with Gasteiger partial charge in [0.1, 0.15) is 23.4 Å². The number of fused-ring (bicyclic) bond motifs is 2. The van der Waals surface area contributed by atoms with Gasteiger partial charge >= 0.3 is 0 Å². The number of rotatable bonds is 3. The number of amides is 2. The smallest absolute Gasteiger partial charge is 0.274 e. The van der Waals surface area contributed by atoms with Gasteiger partial charge in [0.25, 0.3) is 11.8 Å². The second-order valence-electron chi connectivity index (χ2n) is 8.23. The molecule has 3 fully saturated rings. The molecule has 5 rings (SSSR count). The highest BCUT2D eigenvalue weighted by molar-refractivity contribution is 5.99. The first kappa shape index (κ1) is 19.0. The van der Waals surface area contributed by atoms with Crippen LogP contribution in [0.15, 0.2) is 41.4 Å². The Bertz CT molecular complexity index is 1010. The summed E-state index contributed by atoms with van der Waals surface area (Å²) < 4.78 is 26.9. The van der Waals surface area contributed by atoms with E-state index in [2.05, 4.69) is 5.32 Å². The molecule has 1 saturated carbocycles. The van der Waals surface area contributed by atoms with Crippen LogP contribution < -0.4 is 5.32 Å². The number of hydrogen-bond donors (Lipinski definition) is 3. The molecule has 3 aliphatic heterocycles. The van der Waals surface area contributed by atoms with Gasteiger partial charge < -0.3 is 25.3 Å². The maximum Gasteiger partial charge on any atom is 0.274 e. The quantitative estimate of drug-likeness (QED) is 0.690.